The molecular formula is C20H23NO3S. The Morgan fingerprint density at radius 3 is 2.72 bits per heavy atom. The third-order valence-corrected chi connectivity index (χ3v) is 5.61. The number of benzene rings is 2. The van der Waals surface area contributed by atoms with E-state index in [1.807, 2.05) is 41.3 Å². The maximum atomic E-state index is 12.9. The quantitative estimate of drug-likeness (QED) is 0.832. The first-order chi connectivity index (χ1) is 12.1. The lowest BCUT2D eigenvalue weighted by atomic mass is 9.92. The minimum absolute atomic E-state index is 0.0230. The first kappa shape index (κ1) is 17.8. The number of aliphatic hydroxyl groups excluding tert-OH is 1. The number of nitrogens with zero attached hydrogens (tertiary/aromatic N) is 1. The van der Waals surface area contributed by atoms with E-state index in [1.54, 1.807) is 18.9 Å². The van der Waals surface area contributed by atoms with Crippen molar-refractivity contribution in [3.05, 3.63) is 59.2 Å². The Morgan fingerprint density at radius 2 is 2.04 bits per heavy atom. The van der Waals surface area contributed by atoms with Crippen molar-refractivity contribution >= 4 is 17.7 Å². The highest BCUT2D eigenvalue weighted by atomic mass is 32.2. The van der Waals surface area contributed by atoms with Crippen molar-refractivity contribution < 1.29 is 14.6 Å². The van der Waals surface area contributed by atoms with Gasteiger partial charge in [-0.05, 0) is 60.9 Å². The molecule has 0 bridgehead atoms. The van der Waals surface area contributed by atoms with Crippen LogP contribution in [0.4, 0.5) is 0 Å². The van der Waals surface area contributed by atoms with Gasteiger partial charge in [0.15, 0.2) is 0 Å². The molecule has 25 heavy (non-hydrogen) atoms. The molecule has 3 rings (SSSR count). The lowest BCUT2D eigenvalue weighted by Crippen LogP contribution is -2.38. The summed E-state index contributed by atoms with van der Waals surface area (Å²) in [4.78, 5) is 15.9. The van der Waals surface area contributed by atoms with E-state index in [-0.39, 0.29) is 18.6 Å². The van der Waals surface area contributed by atoms with E-state index in [1.165, 1.54) is 5.56 Å². The Bertz CT molecular complexity index is 745. The van der Waals surface area contributed by atoms with Gasteiger partial charge < -0.3 is 14.7 Å². The molecule has 5 heteroatoms. The first-order valence-electron chi connectivity index (χ1n) is 8.45. The minimum Gasteiger partial charge on any atom is -0.497 e. The molecule has 1 aliphatic rings. The molecular weight excluding hydrogens is 334 g/mol. The van der Waals surface area contributed by atoms with Gasteiger partial charge in [-0.2, -0.15) is 0 Å². The zero-order chi connectivity index (χ0) is 17.8. The van der Waals surface area contributed by atoms with Crippen LogP contribution in [0.1, 0.15) is 34.5 Å². The molecule has 2 aromatic carbocycles. The molecule has 1 atom stereocenters. The number of aliphatic hydroxyl groups is 1. The van der Waals surface area contributed by atoms with Crippen molar-refractivity contribution in [1.82, 2.24) is 4.90 Å². The summed E-state index contributed by atoms with van der Waals surface area (Å²) in [5.74, 6) is 1.54. The zero-order valence-electron chi connectivity index (χ0n) is 14.6. The van der Waals surface area contributed by atoms with E-state index in [0.717, 1.165) is 29.2 Å². The monoisotopic (exact) mass is 357 g/mol. The number of hydrogen-bond donors (Lipinski definition) is 1. The molecule has 132 valence electrons. The van der Waals surface area contributed by atoms with Gasteiger partial charge in [0, 0.05) is 22.8 Å². The van der Waals surface area contributed by atoms with E-state index < -0.39 is 0 Å². The van der Waals surface area contributed by atoms with Crippen molar-refractivity contribution in [1.29, 1.82) is 0 Å². The predicted molar refractivity (Wildman–Crippen MR) is 100 cm³/mol. The molecule has 2 aromatic rings. The molecule has 0 aromatic heterocycles. The van der Waals surface area contributed by atoms with Crippen LogP contribution in [0.25, 0.3) is 0 Å². The smallest absolute Gasteiger partial charge is 0.254 e. The van der Waals surface area contributed by atoms with Crippen molar-refractivity contribution in [2.45, 2.75) is 24.3 Å². The highest BCUT2D eigenvalue weighted by molar-refractivity contribution is 7.99. The third-order valence-electron chi connectivity index (χ3n) is 4.61. The SMILES string of the molecule is COc1ccc2c(c1)[C@H](C)N(C(=O)c1ccc(SCCO)cc1)CC2. The molecule has 1 heterocycles. The van der Waals surface area contributed by atoms with Crippen molar-refractivity contribution in [3.8, 4) is 5.75 Å². The fourth-order valence-electron chi connectivity index (χ4n) is 3.22. The first-order valence-corrected chi connectivity index (χ1v) is 9.44. The Balaban J connectivity index is 1.78. The van der Waals surface area contributed by atoms with Gasteiger partial charge >= 0.3 is 0 Å². The molecule has 0 saturated heterocycles. The van der Waals surface area contributed by atoms with Gasteiger partial charge in [-0.15, -0.1) is 11.8 Å². The largest absolute Gasteiger partial charge is 0.497 e. The summed E-state index contributed by atoms with van der Waals surface area (Å²) in [5, 5.41) is 8.90. The Kier molecular flexibility index (Phi) is 5.66. The van der Waals surface area contributed by atoms with Crippen molar-refractivity contribution in [2.24, 2.45) is 0 Å². The average Bonchev–Trinajstić information content (AvgIpc) is 2.66. The lowest BCUT2D eigenvalue weighted by molar-refractivity contribution is 0.0677. The molecule has 0 fully saturated rings. The van der Waals surface area contributed by atoms with Crippen LogP contribution in [-0.4, -0.2) is 41.9 Å². The van der Waals surface area contributed by atoms with Crippen molar-refractivity contribution in [3.63, 3.8) is 0 Å². The highest BCUT2D eigenvalue weighted by Crippen LogP contribution is 2.33. The molecule has 1 aliphatic heterocycles. The van der Waals surface area contributed by atoms with Crippen LogP contribution in [0.3, 0.4) is 0 Å². The number of carbonyl (C=O) groups excluding carboxylic acids is 1. The Labute approximate surface area is 152 Å². The van der Waals surface area contributed by atoms with Crippen molar-refractivity contribution in [2.75, 3.05) is 26.0 Å². The van der Waals surface area contributed by atoms with Gasteiger partial charge in [0.1, 0.15) is 5.75 Å². The van der Waals surface area contributed by atoms with Gasteiger partial charge in [-0.3, -0.25) is 4.79 Å². The Hall–Kier alpha value is -1.98. The van der Waals surface area contributed by atoms with E-state index in [4.69, 9.17) is 9.84 Å². The molecule has 0 spiro atoms. The fourth-order valence-corrected chi connectivity index (χ4v) is 3.88. The highest BCUT2D eigenvalue weighted by Gasteiger charge is 2.28. The van der Waals surface area contributed by atoms with Gasteiger partial charge in [0.25, 0.3) is 5.91 Å². The normalized spacial score (nSPS) is 16.4. The summed E-state index contributed by atoms with van der Waals surface area (Å²) in [6.45, 7) is 2.95. The van der Waals surface area contributed by atoms with Crippen LogP contribution in [0.15, 0.2) is 47.4 Å². The lowest BCUT2D eigenvalue weighted by Gasteiger charge is -2.35. The van der Waals surface area contributed by atoms with E-state index in [0.29, 0.717) is 11.3 Å². The number of hydrogen-bond acceptors (Lipinski definition) is 4. The second kappa shape index (κ2) is 7.93. The summed E-state index contributed by atoms with van der Waals surface area (Å²) in [6.07, 6.45) is 0.861. The second-order valence-corrected chi connectivity index (χ2v) is 7.25. The van der Waals surface area contributed by atoms with E-state index >= 15 is 0 Å². The number of thioether (sulfide) groups is 1. The van der Waals surface area contributed by atoms with E-state index in [2.05, 4.69) is 13.0 Å². The van der Waals surface area contributed by atoms with Gasteiger partial charge in [-0.1, -0.05) is 6.07 Å². The van der Waals surface area contributed by atoms with Crippen LogP contribution >= 0.6 is 11.8 Å². The fraction of sp³-hybridized carbons (Fsp3) is 0.350. The van der Waals surface area contributed by atoms with Crippen LogP contribution in [0, 0.1) is 0 Å². The summed E-state index contributed by atoms with van der Waals surface area (Å²) in [5.41, 5.74) is 3.15. The molecule has 1 amide bonds. The molecule has 0 saturated carbocycles. The summed E-state index contributed by atoms with van der Waals surface area (Å²) >= 11 is 1.58. The zero-order valence-corrected chi connectivity index (χ0v) is 15.4. The summed E-state index contributed by atoms with van der Waals surface area (Å²) in [7, 11) is 1.66. The second-order valence-electron chi connectivity index (χ2n) is 6.09. The summed E-state index contributed by atoms with van der Waals surface area (Å²) < 4.78 is 5.33. The van der Waals surface area contributed by atoms with Crippen LogP contribution in [0.2, 0.25) is 0 Å². The number of amides is 1. The van der Waals surface area contributed by atoms with Gasteiger partial charge in [0.2, 0.25) is 0 Å². The Morgan fingerprint density at radius 1 is 1.28 bits per heavy atom. The number of carbonyl (C=O) groups is 1. The maximum Gasteiger partial charge on any atom is 0.254 e. The molecule has 4 nitrogen and oxygen atoms in total. The molecule has 1 N–H and O–H groups in total. The third kappa shape index (κ3) is 3.83. The van der Waals surface area contributed by atoms with Crippen LogP contribution in [0.5, 0.6) is 5.75 Å². The topological polar surface area (TPSA) is 49.8 Å². The number of methoxy groups -OCH3 is 1. The van der Waals surface area contributed by atoms with Gasteiger partial charge in [-0.25, -0.2) is 0 Å². The van der Waals surface area contributed by atoms with E-state index in [9.17, 15) is 4.79 Å². The average molecular weight is 357 g/mol. The maximum absolute atomic E-state index is 12.9. The molecule has 0 aliphatic carbocycles. The number of fused-ring (bicyclic) bond motifs is 1. The van der Waals surface area contributed by atoms with Gasteiger partial charge in [0.05, 0.1) is 19.8 Å². The predicted octanol–water partition coefficient (Wildman–Crippen LogP) is 3.54. The summed E-state index contributed by atoms with van der Waals surface area (Å²) in [6, 6.07) is 13.8. The standard InChI is InChI=1S/C20H23NO3S/c1-14-19-13-17(24-2)6-3-15(19)9-10-21(14)20(23)16-4-7-18(8-5-16)25-12-11-22/h3-8,13-14,22H,9-12H2,1-2H3/t14-/m0/s1. The van der Waals surface area contributed by atoms with Crippen LogP contribution < -0.4 is 4.74 Å². The number of ether oxygens (including phenoxy) is 1. The molecule has 0 unspecified atom stereocenters. The minimum atomic E-state index is 0.0230. The number of rotatable bonds is 5. The molecule has 0 radical (unpaired) electrons. The van der Waals surface area contributed by atoms with Crippen LogP contribution in [-0.2, 0) is 6.42 Å².